The Labute approximate surface area is 131 Å². The number of carbonyl (C=O) groups excluding carboxylic acids is 2. The second-order valence-electron chi connectivity index (χ2n) is 4.62. The highest BCUT2D eigenvalue weighted by molar-refractivity contribution is 7.80. The minimum atomic E-state index is -0.552. The van der Waals surface area contributed by atoms with Crippen LogP contribution in [0.3, 0.4) is 0 Å². The van der Waals surface area contributed by atoms with Crippen LogP contribution in [0, 0.1) is 6.92 Å². The van der Waals surface area contributed by atoms with Crippen LogP contribution in [0.2, 0.25) is 0 Å². The molecule has 0 atom stereocenters. The number of thiocarbonyl (C=S) groups is 1. The van der Waals surface area contributed by atoms with Crippen molar-refractivity contribution in [2.45, 2.75) is 6.92 Å². The minimum absolute atomic E-state index is 0.0239. The van der Waals surface area contributed by atoms with E-state index in [-0.39, 0.29) is 10.7 Å². The van der Waals surface area contributed by atoms with E-state index in [1.807, 2.05) is 0 Å². The van der Waals surface area contributed by atoms with Crippen LogP contribution in [0.5, 0.6) is 0 Å². The number of anilines is 1. The van der Waals surface area contributed by atoms with E-state index in [1.165, 1.54) is 17.2 Å². The molecule has 7 heteroatoms. The number of nitrogens with one attached hydrogen (secondary N) is 1. The van der Waals surface area contributed by atoms with E-state index < -0.39 is 11.8 Å². The van der Waals surface area contributed by atoms with Crippen molar-refractivity contribution in [3.8, 4) is 0 Å². The molecule has 6 nitrogen and oxygen atoms in total. The molecule has 1 saturated heterocycles. The van der Waals surface area contributed by atoms with Gasteiger partial charge in [-0.15, -0.1) is 0 Å². The van der Waals surface area contributed by atoms with Gasteiger partial charge in [-0.2, -0.15) is 0 Å². The third kappa shape index (κ3) is 2.53. The van der Waals surface area contributed by atoms with Gasteiger partial charge in [0.05, 0.1) is 11.9 Å². The molecular formula is C15H11N3O3S. The highest BCUT2D eigenvalue weighted by Crippen LogP contribution is 2.21. The Hall–Kier alpha value is -2.80. The van der Waals surface area contributed by atoms with Gasteiger partial charge in [0.1, 0.15) is 17.1 Å². The Balaban J connectivity index is 2.01. The average Bonchev–Trinajstić information content (AvgIpc) is 2.90. The van der Waals surface area contributed by atoms with Crippen LogP contribution in [0.15, 0.2) is 46.6 Å². The zero-order valence-corrected chi connectivity index (χ0v) is 12.4. The molecular weight excluding hydrogens is 302 g/mol. The van der Waals surface area contributed by atoms with Crippen LogP contribution in [0.4, 0.5) is 5.69 Å². The van der Waals surface area contributed by atoms with E-state index >= 15 is 0 Å². The van der Waals surface area contributed by atoms with E-state index in [2.05, 4.69) is 10.3 Å². The number of rotatable bonds is 2. The van der Waals surface area contributed by atoms with E-state index in [1.54, 1.807) is 37.4 Å². The lowest BCUT2D eigenvalue weighted by Gasteiger charge is -2.28. The van der Waals surface area contributed by atoms with Gasteiger partial charge in [-0.3, -0.25) is 24.8 Å². The van der Waals surface area contributed by atoms with Crippen LogP contribution in [-0.2, 0) is 9.59 Å². The van der Waals surface area contributed by atoms with Gasteiger partial charge in [0.2, 0.25) is 0 Å². The number of carbonyl (C=O) groups is 2. The fraction of sp³-hybridized carbons (Fsp3) is 0.0667. The lowest BCUT2D eigenvalue weighted by atomic mass is 10.1. The molecule has 1 aliphatic rings. The van der Waals surface area contributed by atoms with Crippen LogP contribution in [0.25, 0.3) is 6.08 Å². The van der Waals surface area contributed by atoms with Crippen molar-refractivity contribution in [1.82, 2.24) is 10.3 Å². The molecule has 1 N–H and O–H groups in total. The molecule has 2 amide bonds. The number of pyridine rings is 1. The molecule has 1 fully saturated rings. The number of furan rings is 1. The maximum atomic E-state index is 12.6. The first kappa shape index (κ1) is 14.2. The molecule has 0 aliphatic carbocycles. The molecule has 0 bridgehead atoms. The zero-order valence-electron chi connectivity index (χ0n) is 11.6. The molecule has 0 unspecified atom stereocenters. The fourth-order valence-corrected chi connectivity index (χ4v) is 2.33. The zero-order chi connectivity index (χ0) is 15.7. The van der Waals surface area contributed by atoms with Gasteiger partial charge in [0, 0.05) is 6.20 Å². The summed E-state index contributed by atoms with van der Waals surface area (Å²) in [5.41, 5.74) is 0.436. The SMILES string of the molecule is Cc1ccc(C=C2C(=O)NC(=S)N(c3cccnc3)C2=O)o1. The second-order valence-corrected chi connectivity index (χ2v) is 5.00. The van der Waals surface area contributed by atoms with Crippen LogP contribution in [0.1, 0.15) is 11.5 Å². The Kier molecular flexibility index (Phi) is 3.56. The molecule has 1 aliphatic heterocycles. The Morgan fingerprint density at radius 1 is 1.32 bits per heavy atom. The van der Waals surface area contributed by atoms with Crippen LogP contribution in [-0.4, -0.2) is 21.9 Å². The van der Waals surface area contributed by atoms with Gasteiger partial charge in [0.15, 0.2) is 5.11 Å². The molecule has 0 spiro atoms. The van der Waals surface area contributed by atoms with Crippen molar-refractivity contribution in [2.75, 3.05) is 4.90 Å². The van der Waals surface area contributed by atoms with Crippen molar-refractivity contribution >= 4 is 40.9 Å². The molecule has 2 aromatic heterocycles. The molecule has 0 radical (unpaired) electrons. The Morgan fingerprint density at radius 3 is 2.77 bits per heavy atom. The quantitative estimate of drug-likeness (QED) is 0.520. The number of amides is 2. The van der Waals surface area contributed by atoms with Crippen molar-refractivity contribution in [2.24, 2.45) is 0 Å². The summed E-state index contributed by atoms with van der Waals surface area (Å²) in [6.45, 7) is 1.78. The van der Waals surface area contributed by atoms with Crippen molar-refractivity contribution < 1.29 is 14.0 Å². The monoisotopic (exact) mass is 313 g/mol. The first-order chi connectivity index (χ1) is 10.6. The van der Waals surface area contributed by atoms with E-state index in [9.17, 15) is 9.59 Å². The summed E-state index contributed by atoms with van der Waals surface area (Å²) in [6, 6.07) is 6.80. The average molecular weight is 313 g/mol. The molecule has 22 heavy (non-hydrogen) atoms. The summed E-state index contributed by atoms with van der Waals surface area (Å²) in [6.07, 6.45) is 4.48. The van der Waals surface area contributed by atoms with E-state index in [0.29, 0.717) is 17.2 Å². The van der Waals surface area contributed by atoms with E-state index in [4.69, 9.17) is 16.6 Å². The summed E-state index contributed by atoms with van der Waals surface area (Å²) in [5, 5.41) is 2.52. The van der Waals surface area contributed by atoms with Gasteiger partial charge in [-0.1, -0.05) is 0 Å². The van der Waals surface area contributed by atoms with Crippen molar-refractivity contribution in [1.29, 1.82) is 0 Å². The normalized spacial score (nSPS) is 17.0. The molecule has 2 aromatic rings. The second kappa shape index (κ2) is 5.53. The summed E-state index contributed by atoms with van der Waals surface area (Å²) in [7, 11) is 0. The first-order valence-electron chi connectivity index (χ1n) is 6.44. The van der Waals surface area contributed by atoms with Gasteiger partial charge in [0.25, 0.3) is 11.8 Å². The standard InChI is InChI=1S/C15H11N3O3S/c1-9-4-5-11(21-9)7-12-13(19)17-15(22)18(14(12)20)10-3-2-6-16-8-10/h2-8H,1H3,(H,17,19,22). The van der Waals surface area contributed by atoms with Crippen LogP contribution < -0.4 is 10.2 Å². The van der Waals surface area contributed by atoms with Crippen molar-refractivity contribution in [3.05, 3.63) is 53.8 Å². The molecule has 110 valence electrons. The number of aryl methyl sites for hydroxylation is 1. The highest BCUT2D eigenvalue weighted by Gasteiger charge is 2.34. The highest BCUT2D eigenvalue weighted by atomic mass is 32.1. The summed E-state index contributed by atoms with van der Waals surface area (Å²) < 4.78 is 5.38. The lowest BCUT2D eigenvalue weighted by Crippen LogP contribution is -2.54. The third-order valence-electron chi connectivity index (χ3n) is 3.05. The van der Waals surface area contributed by atoms with Gasteiger partial charge in [-0.25, -0.2) is 0 Å². The molecule has 0 saturated carbocycles. The maximum absolute atomic E-state index is 12.6. The largest absolute Gasteiger partial charge is 0.462 e. The third-order valence-corrected chi connectivity index (χ3v) is 3.34. The summed E-state index contributed by atoms with van der Waals surface area (Å²) in [5.74, 6) is 0.0464. The molecule has 0 aromatic carbocycles. The predicted octanol–water partition coefficient (Wildman–Crippen LogP) is 1.81. The van der Waals surface area contributed by atoms with E-state index in [0.717, 1.165) is 0 Å². The molecule has 3 rings (SSSR count). The smallest absolute Gasteiger partial charge is 0.270 e. The minimum Gasteiger partial charge on any atom is -0.462 e. The predicted molar refractivity (Wildman–Crippen MR) is 83.9 cm³/mol. The van der Waals surface area contributed by atoms with Gasteiger partial charge in [-0.05, 0) is 49.5 Å². The summed E-state index contributed by atoms with van der Waals surface area (Å²) in [4.78, 5) is 29.8. The Bertz CT molecular complexity index is 795. The number of nitrogens with zero attached hydrogens (tertiary/aromatic N) is 2. The van der Waals surface area contributed by atoms with Gasteiger partial charge >= 0.3 is 0 Å². The fourth-order valence-electron chi connectivity index (χ4n) is 2.05. The first-order valence-corrected chi connectivity index (χ1v) is 6.85. The van der Waals surface area contributed by atoms with Gasteiger partial charge < -0.3 is 4.42 Å². The Morgan fingerprint density at radius 2 is 2.14 bits per heavy atom. The maximum Gasteiger partial charge on any atom is 0.270 e. The topological polar surface area (TPSA) is 75.4 Å². The molecule has 3 heterocycles. The summed E-state index contributed by atoms with van der Waals surface area (Å²) >= 11 is 5.08. The number of aromatic nitrogens is 1. The van der Waals surface area contributed by atoms with Crippen LogP contribution >= 0.6 is 12.2 Å². The number of hydrogen-bond acceptors (Lipinski definition) is 5. The number of hydrogen-bond donors (Lipinski definition) is 1. The lowest BCUT2D eigenvalue weighted by molar-refractivity contribution is -0.122. The van der Waals surface area contributed by atoms with Crippen molar-refractivity contribution in [3.63, 3.8) is 0 Å².